The molecule has 0 amide bonds. The van der Waals surface area contributed by atoms with E-state index in [1.54, 1.807) is 12.3 Å². The van der Waals surface area contributed by atoms with Gasteiger partial charge in [0, 0.05) is 37.4 Å². The Labute approximate surface area is 415 Å². The van der Waals surface area contributed by atoms with Gasteiger partial charge in [0.1, 0.15) is 11.3 Å². The second-order valence-corrected chi connectivity index (χ2v) is 17.7. The summed E-state index contributed by atoms with van der Waals surface area (Å²) in [6, 6.07) is 69.2. The van der Waals surface area contributed by atoms with Gasteiger partial charge in [0.2, 0.25) is 0 Å². The fourth-order valence-electron chi connectivity index (χ4n) is 9.39. The Morgan fingerprint density at radius 2 is 1.29 bits per heavy atom. The third-order valence-corrected chi connectivity index (χ3v) is 12.7. The number of rotatable bonds is 7. The first kappa shape index (κ1) is 44.8. The third kappa shape index (κ3) is 8.40. The molecule has 0 saturated carbocycles. The number of benzene rings is 8. The summed E-state index contributed by atoms with van der Waals surface area (Å²) in [7, 11) is 0. The smallest absolute Gasteiger partial charge is 0.270 e. The van der Waals surface area contributed by atoms with Crippen LogP contribution in [0.3, 0.4) is 0 Å². The van der Waals surface area contributed by atoms with Crippen LogP contribution in [0.2, 0.25) is 0 Å². The molecule has 12 rings (SSSR count). The summed E-state index contributed by atoms with van der Waals surface area (Å²) in [6.07, 6.45) is 1.76. The summed E-state index contributed by atoms with van der Waals surface area (Å²) in [5, 5.41) is 7.02. The number of hydrogen-bond acceptors (Lipinski definition) is 4. The maximum Gasteiger partial charge on any atom is 0.270 e. The van der Waals surface area contributed by atoms with Crippen LogP contribution in [0.5, 0.6) is 0 Å². The number of aromatic nitrogens is 4. The van der Waals surface area contributed by atoms with Crippen LogP contribution >= 0.6 is 0 Å². The van der Waals surface area contributed by atoms with E-state index in [4.69, 9.17) is 16.0 Å². The molecule has 0 aliphatic carbocycles. The Kier molecular flexibility index (Phi) is 12.3. The van der Waals surface area contributed by atoms with Crippen LogP contribution in [0.4, 0.5) is 5.82 Å². The van der Waals surface area contributed by atoms with E-state index in [1.165, 1.54) is 49.5 Å². The zero-order chi connectivity index (χ0) is 46.3. The Morgan fingerprint density at radius 1 is 0.565 bits per heavy atom. The van der Waals surface area contributed by atoms with E-state index >= 15 is 0 Å². The van der Waals surface area contributed by atoms with Gasteiger partial charge in [-0.05, 0) is 116 Å². The minimum absolute atomic E-state index is 0. The average Bonchev–Trinajstić information content (AvgIpc) is 3.96. The number of imidazole rings is 1. The summed E-state index contributed by atoms with van der Waals surface area (Å²) >= 11 is 0. The van der Waals surface area contributed by atoms with Gasteiger partial charge in [-0.1, -0.05) is 148 Å². The third-order valence-electron chi connectivity index (χ3n) is 12.7. The van der Waals surface area contributed by atoms with Gasteiger partial charge in [0.05, 0.1) is 22.4 Å². The number of fused-ring (bicyclic) bond motifs is 7. The van der Waals surface area contributed by atoms with Crippen molar-refractivity contribution in [2.45, 2.75) is 39.5 Å². The van der Waals surface area contributed by atoms with Gasteiger partial charge in [0.25, 0.3) is 5.82 Å². The number of hydrogen-bond donors (Lipinski definition) is 0. The monoisotopic (exact) mass is 1070 g/mol. The SMILES string of the molecule is CC(C)c1cc(-c2ccccc2)cc(C(C)C)c1-n1c(-c2[c-]ccc3c2oc2cc4c(ccc5ccccc54)cc23)nc2ccccc21.[C-]#[N+]c1cccc(-c2cc[c-]c(-c3ccccn3)c2)n1.[Ir]. The summed E-state index contributed by atoms with van der Waals surface area (Å²) in [5.74, 6) is 1.80. The van der Waals surface area contributed by atoms with Crippen LogP contribution in [0.25, 0.3) is 110 Å². The Morgan fingerprint density at radius 3 is 2.07 bits per heavy atom. The van der Waals surface area contributed by atoms with E-state index in [9.17, 15) is 0 Å². The van der Waals surface area contributed by atoms with Crippen molar-refractivity contribution in [3.8, 4) is 50.7 Å². The minimum Gasteiger partial charge on any atom is -0.501 e. The molecule has 0 aliphatic rings. The number of nitrogens with zero attached hydrogens (tertiary/aromatic N) is 5. The molecule has 0 atom stereocenters. The van der Waals surface area contributed by atoms with Crippen LogP contribution in [0.1, 0.15) is 50.7 Å². The van der Waals surface area contributed by atoms with Crippen molar-refractivity contribution in [3.63, 3.8) is 0 Å². The summed E-state index contributed by atoms with van der Waals surface area (Å²) in [5.41, 5.74) is 14.3. The first-order chi connectivity index (χ1) is 33.3. The first-order valence-electron chi connectivity index (χ1n) is 23.0. The van der Waals surface area contributed by atoms with Gasteiger partial charge < -0.3 is 18.8 Å². The molecule has 6 nitrogen and oxygen atoms in total. The fraction of sp³-hybridized carbons (Fsp3) is 0.0968. The zero-order valence-corrected chi connectivity index (χ0v) is 40.9. The van der Waals surface area contributed by atoms with Crippen molar-refractivity contribution in [1.29, 1.82) is 0 Å². The standard InChI is InChI=1S/C45H35N2O.C17H10N3.Ir/c1-27(2)36-24-32(29-13-6-5-7-14-29)25-37(28(3)4)43(36)47-41-20-11-10-19-40(41)46-45(47)35-18-12-17-34-39-23-31-22-21-30-15-8-9-16-33(30)38(31)26-42(39)48-44(34)35;1-18-17-10-5-9-16(20-17)14-7-4-6-13(12-14)15-8-2-3-11-19-15;/h5-17,19-28H,1-4H3;2-5,7-12H;/q2*-1;. The minimum atomic E-state index is 0. The molecule has 0 unspecified atom stereocenters. The van der Waals surface area contributed by atoms with Crippen molar-refractivity contribution in [2.24, 2.45) is 0 Å². The van der Waals surface area contributed by atoms with Gasteiger partial charge >= 0.3 is 0 Å². The predicted octanol–water partition coefficient (Wildman–Crippen LogP) is 16.8. The molecule has 0 bridgehead atoms. The van der Waals surface area contributed by atoms with Crippen LogP contribution < -0.4 is 0 Å². The molecule has 12 aromatic rings. The molecule has 1 radical (unpaired) electrons. The Balaban J connectivity index is 0.000000221. The largest absolute Gasteiger partial charge is 0.501 e. The predicted molar refractivity (Wildman–Crippen MR) is 279 cm³/mol. The molecule has 4 aromatic heterocycles. The molecule has 8 aromatic carbocycles. The Hall–Kier alpha value is -8.01. The normalized spacial score (nSPS) is 11.3. The van der Waals surface area contributed by atoms with E-state index in [-0.39, 0.29) is 31.9 Å². The van der Waals surface area contributed by atoms with Gasteiger partial charge in [-0.25, -0.2) is 0 Å². The van der Waals surface area contributed by atoms with Crippen LogP contribution in [-0.4, -0.2) is 19.5 Å². The second-order valence-electron chi connectivity index (χ2n) is 17.7. The van der Waals surface area contributed by atoms with Gasteiger partial charge in [-0.3, -0.25) is 4.98 Å². The molecular weight excluding hydrogens is 1020 g/mol. The molecule has 7 heteroatoms. The van der Waals surface area contributed by atoms with Crippen LogP contribution in [0.15, 0.2) is 193 Å². The van der Waals surface area contributed by atoms with Crippen LogP contribution in [-0.2, 0) is 20.1 Å². The molecule has 0 fully saturated rings. The maximum atomic E-state index is 7.03. The fourth-order valence-corrected chi connectivity index (χ4v) is 9.39. The van der Waals surface area contributed by atoms with Crippen molar-refractivity contribution < 1.29 is 24.5 Å². The second kappa shape index (κ2) is 18.9. The summed E-state index contributed by atoms with van der Waals surface area (Å²) in [4.78, 5) is 17.3. The molecule has 335 valence electrons. The van der Waals surface area contributed by atoms with Gasteiger partial charge in [-0.15, -0.1) is 53.0 Å². The Bertz CT molecular complexity index is 3850. The molecule has 0 N–H and O–H groups in total. The molecule has 4 heterocycles. The van der Waals surface area contributed by atoms with E-state index in [0.717, 1.165) is 66.9 Å². The van der Waals surface area contributed by atoms with Crippen molar-refractivity contribution in [1.82, 2.24) is 19.5 Å². The summed E-state index contributed by atoms with van der Waals surface area (Å²) in [6.45, 7) is 16.2. The molecule has 0 saturated heterocycles. The van der Waals surface area contributed by atoms with Crippen molar-refractivity contribution in [2.75, 3.05) is 0 Å². The van der Waals surface area contributed by atoms with Gasteiger partial charge in [0.15, 0.2) is 0 Å². The average molecular weight is 1070 g/mol. The van der Waals surface area contributed by atoms with E-state index < -0.39 is 0 Å². The van der Waals surface area contributed by atoms with Crippen molar-refractivity contribution in [3.05, 3.63) is 223 Å². The zero-order valence-electron chi connectivity index (χ0n) is 38.5. The molecule has 0 spiro atoms. The number of pyridine rings is 2. The number of para-hydroxylation sites is 2. The van der Waals surface area contributed by atoms with Crippen molar-refractivity contribution >= 4 is 60.3 Å². The molecular formula is C62H45IrN5O-2. The molecule has 0 aliphatic heterocycles. The first-order valence-corrected chi connectivity index (χ1v) is 23.0. The molecule has 69 heavy (non-hydrogen) atoms. The van der Waals surface area contributed by atoms with E-state index in [2.05, 4.69) is 181 Å². The number of furan rings is 1. The maximum absolute atomic E-state index is 7.03. The quantitative estimate of drug-likeness (QED) is 0.118. The van der Waals surface area contributed by atoms with Gasteiger partial charge in [-0.2, -0.15) is 0 Å². The van der Waals surface area contributed by atoms with E-state index in [1.807, 2.05) is 54.6 Å². The van der Waals surface area contributed by atoms with Crippen LogP contribution in [0, 0.1) is 18.7 Å². The van der Waals surface area contributed by atoms with E-state index in [0.29, 0.717) is 5.82 Å². The topological polar surface area (TPSA) is 61.1 Å². The summed E-state index contributed by atoms with van der Waals surface area (Å²) < 4.78 is 9.20.